The molecule has 0 amide bonds. The maximum atomic E-state index is 13.0. The Hall–Kier alpha value is -1.52. The number of halogens is 2. The number of hydrogen-bond acceptors (Lipinski definition) is 3. The van der Waals surface area contributed by atoms with Gasteiger partial charge in [0.25, 0.3) is 0 Å². The van der Waals surface area contributed by atoms with Gasteiger partial charge in [-0.15, -0.1) is 0 Å². The molecule has 1 aromatic heterocycles. The average molecular weight is 252 g/mol. The van der Waals surface area contributed by atoms with Gasteiger partial charge in [0.15, 0.2) is 0 Å². The molecule has 0 fully saturated rings. The molecule has 2 rings (SSSR count). The van der Waals surface area contributed by atoms with Gasteiger partial charge in [-0.05, 0) is 24.1 Å². The maximum Gasteiger partial charge on any atom is 0.141 e. The molecule has 0 radical (unpaired) electrons. The van der Waals surface area contributed by atoms with Crippen LogP contribution in [-0.4, -0.2) is 9.97 Å². The molecule has 0 saturated heterocycles. The van der Waals surface area contributed by atoms with Gasteiger partial charge in [-0.2, -0.15) is 0 Å². The zero-order valence-corrected chi connectivity index (χ0v) is 9.73. The normalized spacial score (nSPS) is 12.4. The predicted octanol–water partition coefficient (Wildman–Crippen LogP) is 2.51. The lowest BCUT2D eigenvalue weighted by Crippen LogP contribution is -2.13. The molecule has 5 heteroatoms. The predicted molar refractivity (Wildman–Crippen MR) is 64.1 cm³/mol. The monoisotopic (exact) mass is 251 g/mol. The number of aromatic nitrogens is 2. The molecule has 0 aliphatic rings. The van der Waals surface area contributed by atoms with E-state index in [-0.39, 0.29) is 11.1 Å². The van der Waals surface area contributed by atoms with Gasteiger partial charge < -0.3 is 5.73 Å². The van der Waals surface area contributed by atoms with Crippen LogP contribution in [0.3, 0.4) is 0 Å². The topological polar surface area (TPSA) is 51.8 Å². The Balaban J connectivity index is 2.13. The van der Waals surface area contributed by atoms with Gasteiger partial charge in [-0.1, -0.05) is 17.7 Å². The first-order valence-corrected chi connectivity index (χ1v) is 5.49. The van der Waals surface area contributed by atoms with Crippen LogP contribution >= 0.6 is 11.6 Å². The number of benzene rings is 1. The van der Waals surface area contributed by atoms with Crippen LogP contribution in [0.15, 0.2) is 36.9 Å². The number of nitrogens with two attached hydrogens (primary N) is 1. The first-order chi connectivity index (χ1) is 8.16. The summed E-state index contributed by atoms with van der Waals surface area (Å²) in [5.74, 6) is -0.424. The highest BCUT2D eigenvalue weighted by molar-refractivity contribution is 6.30. The number of hydrogen-bond donors (Lipinski definition) is 1. The molecule has 1 aromatic carbocycles. The molecule has 88 valence electrons. The Bertz CT molecular complexity index is 504. The van der Waals surface area contributed by atoms with Crippen LogP contribution in [-0.2, 0) is 6.42 Å². The summed E-state index contributed by atoms with van der Waals surface area (Å²) in [6, 6.07) is 4.37. The summed E-state index contributed by atoms with van der Waals surface area (Å²) in [5, 5.41) is 0.110. The number of rotatable bonds is 3. The van der Waals surface area contributed by atoms with E-state index in [1.54, 1.807) is 24.5 Å². The minimum absolute atomic E-state index is 0.110. The standard InChI is InChI=1S/C12H11ClFN3/c13-10-3-8(1-2-11(10)14)4-12(15)9-5-16-7-17-6-9/h1-3,5-7,12H,4,15H2. The van der Waals surface area contributed by atoms with Crippen molar-refractivity contribution in [2.75, 3.05) is 0 Å². The lowest BCUT2D eigenvalue weighted by atomic mass is 10.0. The highest BCUT2D eigenvalue weighted by atomic mass is 35.5. The third-order valence-corrected chi connectivity index (χ3v) is 2.74. The van der Waals surface area contributed by atoms with E-state index >= 15 is 0 Å². The minimum atomic E-state index is -0.424. The Morgan fingerprint density at radius 3 is 2.65 bits per heavy atom. The lowest BCUT2D eigenvalue weighted by Gasteiger charge is -2.11. The molecule has 17 heavy (non-hydrogen) atoms. The van der Waals surface area contributed by atoms with Crippen molar-refractivity contribution < 1.29 is 4.39 Å². The summed E-state index contributed by atoms with van der Waals surface area (Å²) >= 11 is 5.70. The molecule has 0 spiro atoms. The van der Waals surface area contributed by atoms with E-state index in [1.165, 1.54) is 12.4 Å². The molecule has 1 unspecified atom stereocenters. The summed E-state index contributed by atoms with van der Waals surface area (Å²) in [5.41, 5.74) is 7.72. The highest BCUT2D eigenvalue weighted by Gasteiger charge is 2.09. The first-order valence-electron chi connectivity index (χ1n) is 5.11. The number of nitrogens with zero attached hydrogens (tertiary/aromatic N) is 2. The van der Waals surface area contributed by atoms with Crippen LogP contribution in [0.5, 0.6) is 0 Å². The van der Waals surface area contributed by atoms with Crippen LogP contribution in [0.4, 0.5) is 4.39 Å². The van der Waals surface area contributed by atoms with Crippen molar-refractivity contribution in [3.05, 3.63) is 58.9 Å². The molecule has 3 nitrogen and oxygen atoms in total. The highest BCUT2D eigenvalue weighted by Crippen LogP contribution is 2.20. The average Bonchev–Trinajstić information content (AvgIpc) is 2.35. The van der Waals surface area contributed by atoms with E-state index in [1.807, 2.05) is 0 Å². The zero-order chi connectivity index (χ0) is 12.3. The van der Waals surface area contributed by atoms with E-state index < -0.39 is 5.82 Å². The Morgan fingerprint density at radius 2 is 2.00 bits per heavy atom. The maximum absolute atomic E-state index is 13.0. The molecule has 0 bridgehead atoms. The van der Waals surface area contributed by atoms with Gasteiger partial charge in [0.05, 0.1) is 5.02 Å². The zero-order valence-electron chi connectivity index (χ0n) is 8.98. The summed E-state index contributed by atoms with van der Waals surface area (Å²) in [6.45, 7) is 0. The molecule has 1 atom stereocenters. The second-order valence-corrected chi connectivity index (χ2v) is 4.14. The van der Waals surface area contributed by atoms with E-state index in [2.05, 4.69) is 9.97 Å². The third-order valence-electron chi connectivity index (χ3n) is 2.45. The fourth-order valence-corrected chi connectivity index (χ4v) is 1.74. The first kappa shape index (κ1) is 12.0. The lowest BCUT2D eigenvalue weighted by molar-refractivity contribution is 0.626. The molecule has 0 saturated carbocycles. The van der Waals surface area contributed by atoms with Crippen LogP contribution in [0.1, 0.15) is 17.2 Å². The quantitative estimate of drug-likeness (QED) is 0.912. The van der Waals surface area contributed by atoms with Gasteiger partial charge in [-0.25, -0.2) is 14.4 Å². The van der Waals surface area contributed by atoms with Gasteiger partial charge >= 0.3 is 0 Å². The Labute approximate surface area is 103 Å². The second-order valence-electron chi connectivity index (χ2n) is 3.73. The SMILES string of the molecule is NC(Cc1ccc(F)c(Cl)c1)c1cncnc1. The molecule has 0 aliphatic carbocycles. The van der Waals surface area contributed by atoms with E-state index in [9.17, 15) is 4.39 Å². The van der Waals surface area contributed by atoms with E-state index in [0.29, 0.717) is 6.42 Å². The van der Waals surface area contributed by atoms with Crippen LogP contribution in [0.25, 0.3) is 0 Å². The fourth-order valence-electron chi connectivity index (χ4n) is 1.54. The molecule has 0 aliphatic heterocycles. The second kappa shape index (κ2) is 5.21. The molecule has 2 N–H and O–H groups in total. The van der Waals surface area contributed by atoms with Crippen LogP contribution in [0, 0.1) is 5.82 Å². The van der Waals surface area contributed by atoms with E-state index in [4.69, 9.17) is 17.3 Å². The van der Waals surface area contributed by atoms with Crippen LogP contribution in [0.2, 0.25) is 5.02 Å². The molecule has 2 aromatic rings. The minimum Gasteiger partial charge on any atom is -0.324 e. The Kier molecular flexibility index (Phi) is 3.66. The van der Waals surface area contributed by atoms with Crippen molar-refractivity contribution in [1.29, 1.82) is 0 Å². The molecular weight excluding hydrogens is 241 g/mol. The van der Waals surface area contributed by atoms with Gasteiger partial charge in [0.2, 0.25) is 0 Å². The summed E-state index contributed by atoms with van der Waals surface area (Å²) in [6.07, 6.45) is 5.35. The fraction of sp³-hybridized carbons (Fsp3) is 0.167. The van der Waals surface area contributed by atoms with Crippen molar-refractivity contribution in [3.63, 3.8) is 0 Å². The van der Waals surface area contributed by atoms with Gasteiger partial charge in [-0.3, -0.25) is 0 Å². The largest absolute Gasteiger partial charge is 0.324 e. The Morgan fingerprint density at radius 1 is 1.29 bits per heavy atom. The van der Waals surface area contributed by atoms with Crippen LogP contribution < -0.4 is 5.73 Å². The van der Waals surface area contributed by atoms with Gasteiger partial charge in [0, 0.05) is 24.0 Å². The van der Waals surface area contributed by atoms with Crippen molar-refractivity contribution in [2.24, 2.45) is 5.73 Å². The van der Waals surface area contributed by atoms with Crippen molar-refractivity contribution in [3.8, 4) is 0 Å². The summed E-state index contributed by atoms with van der Waals surface area (Å²) < 4.78 is 13.0. The van der Waals surface area contributed by atoms with E-state index in [0.717, 1.165) is 11.1 Å². The third kappa shape index (κ3) is 2.99. The van der Waals surface area contributed by atoms with Gasteiger partial charge in [0.1, 0.15) is 12.1 Å². The summed E-state index contributed by atoms with van der Waals surface area (Å²) in [4.78, 5) is 7.80. The molecule has 1 heterocycles. The van der Waals surface area contributed by atoms with Crippen molar-refractivity contribution >= 4 is 11.6 Å². The van der Waals surface area contributed by atoms with Crippen molar-refractivity contribution in [2.45, 2.75) is 12.5 Å². The van der Waals surface area contributed by atoms with Crippen molar-refractivity contribution in [1.82, 2.24) is 9.97 Å². The molecular formula is C12H11ClFN3. The summed E-state index contributed by atoms with van der Waals surface area (Å²) in [7, 11) is 0. The smallest absolute Gasteiger partial charge is 0.141 e.